The summed E-state index contributed by atoms with van der Waals surface area (Å²) in [5.74, 6) is -3.53. The van der Waals surface area contributed by atoms with E-state index in [-0.39, 0.29) is 5.56 Å². The molecule has 1 atom stereocenters. The van der Waals surface area contributed by atoms with Crippen molar-refractivity contribution in [3.05, 3.63) is 70.8 Å². The maximum absolute atomic E-state index is 13.7. The third-order valence-corrected chi connectivity index (χ3v) is 2.80. The molecule has 2 aromatic rings. The van der Waals surface area contributed by atoms with E-state index in [1.807, 2.05) is 0 Å². The van der Waals surface area contributed by atoms with Gasteiger partial charge in [0.15, 0.2) is 0 Å². The molecule has 0 radical (unpaired) electrons. The smallest absolute Gasteiger partial charge is 0.134 e. The van der Waals surface area contributed by atoms with Crippen molar-refractivity contribution in [2.75, 3.05) is 7.05 Å². The molecule has 2 rings (SSSR count). The van der Waals surface area contributed by atoms with E-state index >= 15 is 0 Å². The molecule has 19 heavy (non-hydrogen) atoms. The second-order valence-electron chi connectivity index (χ2n) is 4.06. The lowest BCUT2D eigenvalue weighted by Crippen LogP contribution is -2.20. The first-order valence-corrected chi connectivity index (χ1v) is 5.60. The van der Waals surface area contributed by atoms with Gasteiger partial charge in [0.1, 0.15) is 23.3 Å². The zero-order chi connectivity index (χ0) is 14.0. The minimum absolute atomic E-state index is 0.338. The minimum atomic E-state index is -1.01. The van der Waals surface area contributed by atoms with E-state index in [1.165, 1.54) is 31.3 Å². The van der Waals surface area contributed by atoms with Crippen LogP contribution in [0.1, 0.15) is 17.2 Å². The lowest BCUT2D eigenvalue weighted by atomic mass is 9.97. The Balaban J connectivity index is 2.54. The Morgan fingerprint density at radius 3 is 2.05 bits per heavy atom. The number of hydrogen-bond donors (Lipinski definition) is 1. The summed E-state index contributed by atoms with van der Waals surface area (Å²) in [4.78, 5) is 0. The first-order chi connectivity index (χ1) is 9.02. The van der Waals surface area contributed by atoms with Gasteiger partial charge in [-0.2, -0.15) is 0 Å². The number of benzene rings is 2. The second-order valence-corrected chi connectivity index (χ2v) is 4.06. The van der Waals surface area contributed by atoms with E-state index in [1.54, 1.807) is 0 Å². The minimum Gasteiger partial charge on any atom is -0.309 e. The van der Waals surface area contributed by atoms with Crippen LogP contribution in [-0.4, -0.2) is 7.05 Å². The molecule has 1 nitrogen and oxygen atoms in total. The molecule has 0 aliphatic carbocycles. The average molecular weight is 269 g/mol. The molecule has 0 saturated heterocycles. The highest BCUT2D eigenvalue weighted by Gasteiger charge is 2.22. The highest BCUT2D eigenvalue weighted by Crippen LogP contribution is 2.27. The standard InChI is InChI=1S/C14H11F4N/c1-19-14(8-3-2-4-9(15)5-8)13-11(17)6-10(16)7-12(13)18/h2-7,14,19H,1H3. The molecule has 0 heterocycles. The van der Waals surface area contributed by atoms with Gasteiger partial charge in [0, 0.05) is 17.7 Å². The zero-order valence-electron chi connectivity index (χ0n) is 10.1. The van der Waals surface area contributed by atoms with Gasteiger partial charge in [-0.25, -0.2) is 17.6 Å². The zero-order valence-corrected chi connectivity index (χ0v) is 10.1. The Kier molecular flexibility index (Phi) is 3.85. The van der Waals surface area contributed by atoms with Gasteiger partial charge in [0.2, 0.25) is 0 Å². The van der Waals surface area contributed by atoms with E-state index in [9.17, 15) is 17.6 Å². The van der Waals surface area contributed by atoms with Crippen LogP contribution in [0.2, 0.25) is 0 Å². The van der Waals surface area contributed by atoms with Crippen molar-refractivity contribution in [3.63, 3.8) is 0 Å². The van der Waals surface area contributed by atoms with Gasteiger partial charge in [-0.15, -0.1) is 0 Å². The predicted octanol–water partition coefficient (Wildman–Crippen LogP) is 3.55. The van der Waals surface area contributed by atoms with Crippen molar-refractivity contribution in [2.45, 2.75) is 6.04 Å². The summed E-state index contributed by atoms with van der Waals surface area (Å²) in [6, 6.07) is 5.68. The van der Waals surface area contributed by atoms with Crippen molar-refractivity contribution < 1.29 is 17.6 Å². The Morgan fingerprint density at radius 1 is 0.895 bits per heavy atom. The van der Waals surface area contributed by atoms with Crippen molar-refractivity contribution in [1.82, 2.24) is 5.32 Å². The fourth-order valence-electron chi connectivity index (χ4n) is 1.99. The molecule has 0 aromatic heterocycles. The second kappa shape index (κ2) is 5.40. The van der Waals surface area contributed by atoms with Gasteiger partial charge in [-0.1, -0.05) is 12.1 Å². The van der Waals surface area contributed by atoms with Gasteiger partial charge in [-0.05, 0) is 24.7 Å². The average Bonchev–Trinajstić information content (AvgIpc) is 2.33. The van der Waals surface area contributed by atoms with E-state index in [0.717, 1.165) is 0 Å². The number of hydrogen-bond acceptors (Lipinski definition) is 1. The summed E-state index contributed by atoms with van der Waals surface area (Å²) >= 11 is 0. The van der Waals surface area contributed by atoms with Crippen LogP contribution in [0.25, 0.3) is 0 Å². The molecular formula is C14H11F4N. The molecule has 0 fully saturated rings. The number of halogens is 4. The van der Waals surface area contributed by atoms with Crippen LogP contribution in [0, 0.1) is 23.3 Å². The van der Waals surface area contributed by atoms with Crippen molar-refractivity contribution in [3.8, 4) is 0 Å². The van der Waals surface area contributed by atoms with Crippen LogP contribution in [-0.2, 0) is 0 Å². The molecule has 0 amide bonds. The summed E-state index contributed by atoms with van der Waals surface area (Å²) in [5, 5.41) is 2.69. The van der Waals surface area contributed by atoms with E-state index in [0.29, 0.717) is 17.7 Å². The summed E-state index contributed by atoms with van der Waals surface area (Å²) < 4.78 is 53.5. The normalized spacial score (nSPS) is 12.5. The topological polar surface area (TPSA) is 12.0 Å². The first kappa shape index (κ1) is 13.5. The van der Waals surface area contributed by atoms with Crippen LogP contribution in [0.5, 0.6) is 0 Å². The van der Waals surface area contributed by atoms with Crippen LogP contribution < -0.4 is 5.32 Å². The third-order valence-electron chi connectivity index (χ3n) is 2.80. The maximum atomic E-state index is 13.7. The van der Waals surface area contributed by atoms with Crippen molar-refractivity contribution >= 4 is 0 Å². The van der Waals surface area contributed by atoms with Crippen LogP contribution in [0.3, 0.4) is 0 Å². The quantitative estimate of drug-likeness (QED) is 0.840. The molecule has 5 heteroatoms. The van der Waals surface area contributed by atoms with Gasteiger partial charge in [0.05, 0.1) is 6.04 Å². The summed E-state index contributed by atoms with van der Waals surface area (Å²) in [7, 11) is 1.48. The highest BCUT2D eigenvalue weighted by atomic mass is 19.1. The van der Waals surface area contributed by atoms with Gasteiger partial charge in [-0.3, -0.25) is 0 Å². The predicted molar refractivity (Wildman–Crippen MR) is 63.6 cm³/mol. The number of nitrogens with one attached hydrogen (secondary N) is 1. The van der Waals surface area contributed by atoms with Gasteiger partial charge >= 0.3 is 0 Å². The molecule has 0 aliphatic heterocycles. The molecule has 0 saturated carbocycles. The van der Waals surface area contributed by atoms with Gasteiger partial charge < -0.3 is 5.32 Å². The van der Waals surface area contributed by atoms with Crippen LogP contribution >= 0.6 is 0 Å². The molecule has 0 bridgehead atoms. The van der Waals surface area contributed by atoms with Crippen molar-refractivity contribution in [2.24, 2.45) is 0 Å². The molecule has 1 unspecified atom stereocenters. The van der Waals surface area contributed by atoms with Crippen LogP contribution in [0.4, 0.5) is 17.6 Å². The maximum Gasteiger partial charge on any atom is 0.134 e. The van der Waals surface area contributed by atoms with E-state index in [4.69, 9.17) is 0 Å². The Morgan fingerprint density at radius 2 is 1.53 bits per heavy atom. The monoisotopic (exact) mass is 269 g/mol. The third kappa shape index (κ3) is 2.76. The molecule has 100 valence electrons. The lowest BCUT2D eigenvalue weighted by molar-refractivity contribution is 0.499. The lowest BCUT2D eigenvalue weighted by Gasteiger charge is -2.18. The summed E-state index contributed by atoms with van der Waals surface area (Å²) in [6.45, 7) is 0. The van der Waals surface area contributed by atoms with Gasteiger partial charge in [0.25, 0.3) is 0 Å². The Bertz CT molecular complexity index is 575. The summed E-state index contributed by atoms with van der Waals surface area (Å²) in [6.07, 6.45) is 0. The SMILES string of the molecule is CNC(c1cccc(F)c1)c1c(F)cc(F)cc1F. The number of rotatable bonds is 3. The highest BCUT2D eigenvalue weighted by molar-refractivity contribution is 5.34. The van der Waals surface area contributed by atoms with Crippen LogP contribution in [0.15, 0.2) is 36.4 Å². The molecule has 1 N–H and O–H groups in total. The van der Waals surface area contributed by atoms with Crippen molar-refractivity contribution in [1.29, 1.82) is 0 Å². The molecule has 2 aromatic carbocycles. The summed E-state index contributed by atoms with van der Waals surface area (Å²) in [5.41, 5.74) is 0.0152. The fraction of sp³-hybridized carbons (Fsp3) is 0.143. The fourth-order valence-corrected chi connectivity index (χ4v) is 1.99. The first-order valence-electron chi connectivity index (χ1n) is 5.60. The largest absolute Gasteiger partial charge is 0.309 e. The molecular weight excluding hydrogens is 258 g/mol. The molecule has 0 aliphatic rings. The molecule has 0 spiro atoms. The Labute approximate surface area is 107 Å². The Hall–Kier alpha value is -1.88. The van der Waals surface area contributed by atoms with E-state index in [2.05, 4.69) is 5.32 Å². The van der Waals surface area contributed by atoms with E-state index < -0.39 is 29.3 Å².